The number of nitrogens with zero attached hydrogens (tertiary/aromatic N) is 2. The SMILES string of the molecule is CCOC(=O)c1ccc(NC(=O)[C@H]2CC(=O)N(Cc3ccc(OC)cc3)C(=Nc3ccccc3F)S2)cc1. The van der Waals surface area contributed by atoms with Crippen molar-refractivity contribution in [2.24, 2.45) is 4.99 Å². The van der Waals surface area contributed by atoms with Crippen LogP contribution in [0.2, 0.25) is 0 Å². The Labute approximate surface area is 223 Å². The first-order valence-corrected chi connectivity index (χ1v) is 12.8. The summed E-state index contributed by atoms with van der Waals surface area (Å²) in [5, 5.41) is 2.21. The second-order valence-electron chi connectivity index (χ2n) is 8.27. The Kier molecular flexibility index (Phi) is 8.75. The Hall–Kier alpha value is -4.18. The predicted octanol–water partition coefficient (Wildman–Crippen LogP) is 5.17. The summed E-state index contributed by atoms with van der Waals surface area (Å²) in [7, 11) is 1.57. The number of hydrogen-bond donors (Lipinski definition) is 1. The molecule has 0 radical (unpaired) electrons. The molecular formula is C28H26FN3O5S. The van der Waals surface area contributed by atoms with Crippen LogP contribution in [0.1, 0.15) is 29.3 Å². The van der Waals surface area contributed by atoms with Gasteiger partial charge in [-0.1, -0.05) is 36.0 Å². The number of benzene rings is 3. The lowest BCUT2D eigenvalue weighted by Crippen LogP contribution is -2.44. The quantitative estimate of drug-likeness (QED) is 0.400. The second kappa shape index (κ2) is 12.4. The molecule has 0 saturated carbocycles. The number of nitrogens with one attached hydrogen (secondary N) is 1. The number of amides is 2. The predicted molar refractivity (Wildman–Crippen MR) is 144 cm³/mol. The zero-order valence-electron chi connectivity index (χ0n) is 20.8. The standard InChI is InChI=1S/C28H26FN3O5S/c1-3-37-27(35)19-10-12-20(13-11-19)30-26(34)24-16-25(33)32(17-18-8-14-21(36-2)15-9-18)28(38-24)31-23-7-5-4-6-22(23)29/h4-15,24H,3,16-17H2,1-2H3,(H,30,34)/t24-/m1/s1. The molecule has 1 heterocycles. The minimum absolute atomic E-state index is 0.0656. The average Bonchev–Trinajstić information content (AvgIpc) is 2.92. The average molecular weight is 536 g/mol. The largest absolute Gasteiger partial charge is 0.497 e. The highest BCUT2D eigenvalue weighted by molar-refractivity contribution is 8.15. The number of anilines is 1. The van der Waals surface area contributed by atoms with Crippen molar-refractivity contribution in [2.45, 2.75) is 25.1 Å². The van der Waals surface area contributed by atoms with Crippen LogP contribution >= 0.6 is 11.8 Å². The zero-order chi connectivity index (χ0) is 27.1. The van der Waals surface area contributed by atoms with E-state index in [9.17, 15) is 18.8 Å². The molecule has 2 amide bonds. The Bertz CT molecular complexity index is 1350. The lowest BCUT2D eigenvalue weighted by atomic mass is 10.1. The van der Waals surface area contributed by atoms with Crippen molar-refractivity contribution < 1.29 is 28.2 Å². The number of para-hydroxylation sites is 1. The summed E-state index contributed by atoms with van der Waals surface area (Å²) < 4.78 is 24.6. The Morgan fingerprint density at radius 2 is 1.79 bits per heavy atom. The van der Waals surface area contributed by atoms with Gasteiger partial charge in [-0.3, -0.25) is 14.5 Å². The van der Waals surface area contributed by atoms with Gasteiger partial charge in [-0.15, -0.1) is 0 Å². The maximum atomic E-state index is 14.4. The van der Waals surface area contributed by atoms with Gasteiger partial charge in [-0.2, -0.15) is 0 Å². The number of aliphatic imine (C=N–C) groups is 1. The number of carbonyl (C=O) groups excluding carboxylic acids is 3. The molecule has 1 saturated heterocycles. The van der Waals surface area contributed by atoms with E-state index in [2.05, 4.69) is 10.3 Å². The third-order valence-electron chi connectivity index (χ3n) is 5.66. The van der Waals surface area contributed by atoms with Crippen LogP contribution in [0.5, 0.6) is 5.75 Å². The number of hydrogen-bond acceptors (Lipinski definition) is 7. The number of rotatable bonds is 8. The van der Waals surface area contributed by atoms with Gasteiger partial charge in [0.05, 0.1) is 25.8 Å². The highest BCUT2D eigenvalue weighted by Crippen LogP contribution is 2.32. The Morgan fingerprint density at radius 1 is 1.08 bits per heavy atom. The number of amidine groups is 1. The molecule has 38 heavy (non-hydrogen) atoms. The van der Waals surface area contributed by atoms with Crippen LogP contribution < -0.4 is 10.1 Å². The first-order valence-electron chi connectivity index (χ1n) is 11.9. The summed E-state index contributed by atoms with van der Waals surface area (Å²) >= 11 is 1.09. The highest BCUT2D eigenvalue weighted by Gasteiger charge is 2.36. The molecule has 8 nitrogen and oxygen atoms in total. The van der Waals surface area contributed by atoms with E-state index in [0.29, 0.717) is 17.0 Å². The van der Waals surface area contributed by atoms with Crippen molar-refractivity contribution in [1.29, 1.82) is 0 Å². The van der Waals surface area contributed by atoms with Crippen LogP contribution in [0.25, 0.3) is 0 Å². The topological polar surface area (TPSA) is 97.3 Å². The van der Waals surface area contributed by atoms with E-state index in [1.54, 1.807) is 62.6 Å². The van der Waals surface area contributed by atoms with Gasteiger partial charge in [0.1, 0.15) is 22.5 Å². The van der Waals surface area contributed by atoms with Gasteiger partial charge < -0.3 is 14.8 Å². The molecule has 0 unspecified atom stereocenters. The van der Waals surface area contributed by atoms with Gasteiger partial charge in [0.2, 0.25) is 11.8 Å². The van der Waals surface area contributed by atoms with Crippen molar-refractivity contribution in [3.8, 4) is 5.75 Å². The molecule has 0 bridgehead atoms. The molecule has 0 aromatic heterocycles. The lowest BCUT2D eigenvalue weighted by Gasteiger charge is -2.32. The number of thioether (sulfide) groups is 1. The first-order chi connectivity index (χ1) is 18.4. The molecule has 1 N–H and O–H groups in total. The van der Waals surface area contributed by atoms with E-state index >= 15 is 0 Å². The molecule has 196 valence electrons. The van der Waals surface area contributed by atoms with Crippen molar-refractivity contribution in [2.75, 3.05) is 19.0 Å². The van der Waals surface area contributed by atoms with Crippen LogP contribution in [-0.2, 0) is 20.9 Å². The normalized spacial score (nSPS) is 16.3. The van der Waals surface area contributed by atoms with Gasteiger partial charge in [0.25, 0.3) is 0 Å². The minimum atomic E-state index is -0.787. The fourth-order valence-corrected chi connectivity index (χ4v) is 4.77. The van der Waals surface area contributed by atoms with Crippen LogP contribution in [0.4, 0.5) is 15.8 Å². The highest BCUT2D eigenvalue weighted by atomic mass is 32.2. The summed E-state index contributed by atoms with van der Waals surface area (Å²) in [5.41, 5.74) is 1.72. The Morgan fingerprint density at radius 3 is 2.45 bits per heavy atom. The molecular weight excluding hydrogens is 509 g/mol. The van der Waals surface area contributed by atoms with Crippen molar-refractivity contribution >= 4 is 46.1 Å². The molecule has 0 aliphatic carbocycles. The fourth-order valence-electron chi connectivity index (χ4n) is 3.68. The third-order valence-corrected chi connectivity index (χ3v) is 6.85. The van der Waals surface area contributed by atoms with Crippen molar-refractivity contribution in [3.05, 3.63) is 89.7 Å². The van der Waals surface area contributed by atoms with Gasteiger partial charge >= 0.3 is 5.97 Å². The summed E-state index contributed by atoms with van der Waals surface area (Å²) in [6.07, 6.45) is -0.0656. The van der Waals surface area contributed by atoms with E-state index in [1.165, 1.54) is 17.0 Å². The van der Waals surface area contributed by atoms with Crippen LogP contribution in [-0.4, -0.2) is 46.8 Å². The van der Waals surface area contributed by atoms with Crippen LogP contribution in [0, 0.1) is 5.82 Å². The maximum absolute atomic E-state index is 14.4. The van der Waals surface area contributed by atoms with E-state index < -0.39 is 22.9 Å². The fraction of sp³-hybridized carbons (Fsp3) is 0.214. The van der Waals surface area contributed by atoms with Crippen molar-refractivity contribution in [3.63, 3.8) is 0 Å². The summed E-state index contributed by atoms with van der Waals surface area (Å²) in [6.45, 7) is 2.18. The molecule has 4 rings (SSSR count). The smallest absolute Gasteiger partial charge is 0.338 e. The van der Waals surface area contributed by atoms with E-state index in [0.717, 1.165) is 17.3 Å². The molecule has 3 aromatic carbocycles. The summed E-state index contributed by atoms with van der Waals surface area (Å²) in [6, 6.07) is 19.5. The van der Waals surface area contributed by atoms with Crippen LogP contribution in [0.15, 0.2) is 77.8 Å². The Balaban J connectivity index is 1.54. The number of methoxy groups -OCH3 is 1. The first kappa shape index (κ1) is 26.9. The molecule has 0 spiro atoms. The molecule has 3 aromatic rings. The number of halogens is 1. The number of carbonyl (C=O) groups is 3. The van der Waals surface area contributed by atoms with E-state index in [4.69, 9.17) is 9.47 Å². The second-order valence-corrected chi connectivity index (χ2v) is 9.44. The molecule has 1 atom stereocenters. The van der Waals surface area contributed by atoms with Gasteiger partial charge in [0, 0.05) is 12.1 Å². The molecule has 1 aliphatic heterocycles. The minimum Gasteiger partial charge on any atom is -0.497 e. The van der Waals surface area contributed by atoms with Gasteiger partial charge in [0.15, 0.2) is 5.17 Å². The van der Waals surface area contributed by atoms with Crippen molar-refractivity contribution in [1.82, 2.24) is 4.90 Å². The lowest BCUT2D eigenvalue weighted by molar-refractivity contribution is -0.129. The van der Waals surface area contributed by atoms with Gasteiger partial charge in [-0.25, -0.2) is 14.2 Å². The number of ether oxygens (including phenoxy) is 2. The molecule has 10 heteroatoms. The van der Waals surface area contributed by atoms with Crippen LogP contribution in [0.3, 0.4) is 0 Å². The zero-order valence-corrected chi connectivity index (χ0v) is 21.7. The molecule has 1 fully saturated rings. The summed E-state index contributed by atoms with van der Waals surface area (Å²) in [4.78, 5) is 44.1. The van der Waals surface area contributed by atoms with Gasteiger partial charge in [-0.05, 0) is 61.0 Å². The van der Waals surface area contributed by atoms with E-state index in [1.807, 2.05) is 12.1 Å². The third kappa shape index (κ3) is 6.57. The van der Waals surface area contributed by atoms with E-state index in [-0.39, 0.29) is 36.3 Å². The summed E-state index contributed by atoms with van der Waals surface area (Å²) in [5.74, 6) is -1.03. The monoisotopic (exact) mass is 535 g/mol. The number of esters is 1. The maximum Gasteiger partial charge on any atom is 0.338 e. The molecule has 1 aliphatic rings.